The normalized spacial score (nSPS) is 12.5. The van der Waals surface area contributed by atoms with Gasteiger partial charge in [-0.05, 0) is 6.92 Å². The number of hydrogen-bond acceptors (Lipinski definition) is 3. The van der Waals surface area contributed by atoms with Gasteiger partial charge in [0.1, 0.15) is 5.82 Å². The summed E-state index contributed by atoms with van der Waals surface area (Å²) in [7, 11) is 1.75. The van der Waals surface area contributed by atoms with Gasteiger partial charge in [0.05, 0.1) is 17.7 Å². The van der Waals surface area contributed by atoms with Crippen molar-refractivity contribution < 1.29 is 0 Å². The zero-order valence-corrected chi connectivity index (χ0v) is 6.57. The topological polar surface area (TPSA) is 67.6 Å². The first-order valence-corrected chi connectivity index (χ1v) is 3.34. The summed E-state index contributed by atoms with van der Waals surface area (Å²) in [5.41, 5.74) is 6.25. The molecule has 2 N–H and O–H groups in total. The summed E-state index contributed by atoms with van der Waals surface area (Å²) >= 11 is 0. The van der Waals surface area contributed by atoms with Gasteiger partial charge in [0.25, 0.3) is 0 Å². The van der Waals surface area contributed by atoms with Crippen LogP contribution in [0.4, 0.5) is 5.82 Å². The Labute approximate surface area is 65.2 Å². The average Bonchev–Trinajstić information content (AvgIpc) is 2.31. The second-order valence-electron chi connectivity index (χ2n) is 2.47. The first-order chi connectivity index (χ1) is 5.15. The molecule has 1 rings (SSSR count). The highest BCUT2D eigenvalue weighted by atomic mass is 15.3. The summed E-state index contributed by atoms with van der Waals surface area (Å²) in [5.74, 6) is 0.403. The van der Waals surface area contributed by atoms with Gasteiger partial charge in [-0.2, -0.15) is 10.4 Å². The Morgan fingerprint density at radius 1 is 1.82 bits per heavy atom. The summed E-state index contributed by atoms with van der Waals surface area (Å²) in [6.45, 7) is 1.79. The van der Waals surface area contributed by atoms with Crippen molar-refractivity contribution in [2.75, 3.05) is 5.73 Å². The second kappa shape index (κ2) is 2.62. The molecule has 4 heteroatoms. The van der Waals surface area contributed by atoms with Crippen molar-refractivity contribution in [3.05, 3.63) is 11.8 Å². The predicted molar refractivity (Wildman–Crippen MR) is 41.6 cm³/mol. The Bertz CT molecular complexity index is 274. The van der Waals surface area contributed by atoms with E-state index in [-0.39, 0.29) is 5.92 Å². The number of nitrogens with two attached hydrogens (primary N) is 1. The minimum Gasteiger partial charge on any atom is -0.384 e. The van der Waals surface area contributed by atoms with Crippen LogP contribution in [0.3, 0.4) is 0 Å². The van der Waals surface area contributed by atoms with Crippen LogP contribution in [0.25, 0.3) is 0 Å². The van der Waals surface area contributed by atoms with Crippen LogP contribution in [-0.4, -0.2) is 9.78 Å². The number of nitrogens with zero attached hydrogens (tertiary/aromatic N) is 3. The molecule has 0 aliphatic heterocycles. The van der Waals surface area contributed by atoms with E-state index in [2.05, 4.69) is 11.2 Å². The molecule has 58 valence electrons. The smallest absolute Gasteiger partial charge is 0.121 e. The van der Waals surface area contributed by atoms with Crippen molar-refractivity contribution >= 4 is 5.82 Å². The lowest BCUT2D eigenvalue weighted by Crippen LogP contribution is -1.97. The van der Waals surface area contributed by atoms with E-state index in [0.29, 0.717) is 5.82 Å². The van der Waals surface area contributed by atoms with Crippen LogP contribution < -0.4 is 5.73 Å². The Kier molecular flexibility index (Phi) is 1.81. The minimum atomic E-state index is -0.182. The second-order valence-corrected chi connectivity index (χ2v) is 2.47. The summed E-state index contributed by atoms with van der Waals surface area (Å²) in [6.07, 6.45) is 0. The van der Waals surface area contributed by atoms with Gasteiger partial charge in [-0.3, -0.25) is 4.68 Å². The maximum atomic E-state index is 8.55. The molecule has 1 aromatic rings. The predicted octanol–water partition coefficient (Wildman–Crippen LogP) is 0.629. The number of rotatable bonds is 1. The molecule has 1 unspecified atom stereocenters. The molecule has 1 aromatic heterocycles. The Balaban J connectivity index is 2.99. The monoisotopic (exact) mass is 150 g/mol. The number of nitrogen functional groups attached to an aromatic ring is 1. The lowest BCUT2D eigenvalue weighted by atomic mass is 10.1. The van der Waals surface area contributed by atoms with Crippen LogP contribution in [0.2, 0.25) is 0 Å². The highest BCUT2D eigenvalue weighted by Gasteiger charge is 2.08. The molecule has 0 bridgehead atoms. The van der Waals surface area contributed by atoms with Crippen molar-refractivity contribution in [2.24, 2.45) is 7.05 Å². The third kappa shape index (κ3) is 1.32. The standard InChI is InChI=1S/C7H10N4/c1-5(4-8)6-3-7(9)11(2)10-6/h3,5H,9H2,1-2H3. The highest BCUT2D eigenvalue weighted by molar-refractivity contribution is 5.33. The summed E-state index contributed by atoms with van der Waals surface area (Å²) in [5, 5.41) is 12.6. The van der Waals surface area contributed by atoms with Crippen LogP contribution in [0, 0.1) is 11.3 Å². The van der Waals surface area contributed by atoms with Gasteiger partial charge in [0.15, 0.2) is 0 Å². The van der Waals surface area contributed by atoms with Crippen LogP contribution in [0.5, 0.6) is 0 Å². The number of aromatic nitrogens is 2. The molecule has 4 nitrogen and oxygen atoms in total. The van der Waals surface area contributed by atoms with Gasteiger partial charge in [-0.1, -0.05) is 0 Å². The molecule has 0 radical (unpaired) electrons. The van der Waals surface area contributed by atoms with Gasteiger partial charge in [-0.15, -0.1) is 0 Å². The third-order valence-corrected chi connectivity index (χ3v) is 1.57. The molecule has 0 amide bonds. The average molecular weight is 150 g/mol. The van der Waals surface area contributed by atoms with Crippen molar-refractivity contribution in [1.82, 2.24) is 9.78 Å². The van der Waals surface area contributed by atoms with Gasteiger partial charge in [0, 0.05) is 13.1 Å². The maximum Gasteiger partial charge on any atom is 0.121 e. The van der Waals surface area contributed by atoms with Gasteiger partial charge >= 0.3 is 0 Å². The molecule has 1 heterocycles. The molecular weight excluding hydrogens is 140 g/mol. The lowest BCUT2D eigenvalue weighted by molar-refractivity contribution is 0.741. The Hall–Kier alpha value is -1.50. The SMILES string of the molecule is CC(C#N)c1cc(N)n(C)n1. The molecule has 0 saturated heterocycles. The quantitative estimate of drug-likeness (QED) is 0.638. The molecule has 0 aromatic carbocycles. The molecule has 0 aliphatic carbocycles. The van der Waals surface area contributed by atoms with Crippen LogP contribution in [-0.2, 0) is 7.05 Å². The minimum absolute atomic E-state index is 0.182. The lowest BCUT2D eigenvalue weighted by Gasteiger charge is -1.92. The number of hydrogen-bond donors (Lipinski definition) is 1. The van der Waals surface area contributed by atoms with E-state index < -0.39 is 0 Å². The van der Waals surface area contributed by atoms with Crippen molar-refractivity contribution in [3.8, 4) is 6.07 Å². The fraction of sp³-hybridized carbons (Fsp3) is 0.429. The molecular formula is C7H10N4. The van der Waals surface area contributed by atoms with Gasteiger partial charge in [-0.25, -0.2) is 0 Å². The van der Waals surface area contributed by atoms with E-state index in [4.69, 9.17) is 11.0 Å². The summed E-state index contributed by atoms with van der Waals surface area (Å²) in [6, 6.07) is 3.81. The molecule has 0 aliphatic rings. The van der Waals surface area contributed by atoms with Gasteiger partial charge in [0.2, 0.25) is 0 Å². The largest absolute Gasteiger partial charge is 0.384 e. The van der Waals surface area contributed by atoms with Gasteiger partial charge < -0.3 is 5.73 Å². The Morgan fingerprint density at radius 3 is 2.82 bits per heavy atom. The first-order valence-electron chi connectivity index (χ1n) is 3.34. The molecule has 0 spiro atoms. The van der Waals surface area contributed by atoms with Crippen molar-refractivity contribution in [3.63, 3.8) is 0 Å². The van der Waals surface area contributed by atoms with Crippen molar-refractivity contribution in [1.29, 1.82) is 5.26 Å². The highest BCUT2D eigenvalue weighted by Crippen LogP contribution is 2.14. The van der Waals surface area contributed by atoms with Crippen LogP contribution in [0.1, 0.15) is 18.5 Å². The van der Waals surface area contributed by atoms with E-state index in [1.807, 2.05) is 0 Å². The summed E-state index contributed by atoms with van der Waals surface area (Å²) < 4.78 is 1.56. The van der Waals surface area contributed by atoms with E-state index in [9.17, 15) is 0 Å². The maximum absolute atomic E-state index is 8.55. The number of anilines is 1. The Morgan fingerprint density at radius 2 is 2.45 bits per heavy atom. The molecule has 11 heavy (non-hydrogen) atoms. The molecule has 1 atom stereocenters. The molecule has 0 saturated carbocycles. The van der Waals surface area contributed by atoms with Crippen LogP contribution in [0.15, 0.2) is 6.07 Å². The van der Waals surface area contributed by atoms with E-state index >= 15 is 0 Å². The fourth-order valence-electron chi connectivity index (χ4n) is 0.782. The zero-order valence-electron chi connectivity index (χ0n) is 6.57. The van der Waals surface area contributed by atoms with Crippen molar-refractivity contribution in [2.45, 2.75) is 12.8 Å². The number of aryl methyl sites for hydroxylation is 1. The summed E-state index contributed by atoms with van der Waals surface area (Å²) in [4.78, 5) is 0. The molecule has 0 fully saturated rings. The first kappa shape index (κ1) is 7.61. The third-order valence-electron chi connectivity index (χ3n) is 1.57. The van der Waals surface area contributed by atoms with Crippen LogP contribution >= 0.6 is 0 Å². The van der Waals surface area contributed by atoms with E-state index in [1.54, 1.807) is 24.7 Å². The zero-order chi connectivity index (χ0) is 8.43. The fourth-order valence-corrected chi connectivity index (χ4v) is 0.782. The van der Waals surface area contributed by atoms with E-state index in [1.165, 1.54) is 0 Å². The number of nitriles is 1. The van der Waals surface area contributed by atoms with E-state index in [0.717, 1.165) is 5.69 Å².